The zero-order chi connectivity index (χ0) is 5.28. The van der Waals surface area contributed by atoms with Gasteiger partial charge in [0.2, 0.25) is 0 Å². The summed E-state index contributed by atoms with van der Waals surface area (Å²) >= 11 is 0. The molecule has 0 aromatic heterocycles. The molecule has 0 spiro atoms. The first-order valence-electron chi connectivity index (χ1n) is 2.27. The molecule has 7 heavy (non-hydrogen) atoms. The zero-order valence-corrected chi connectivity index (χ0v) is 4.00. The number of aliphatic hydroxyl groups excluding tert-OH is 1. The molecule has 0 aromatic carbocycles. The summed E-state index contributed by atoms with van der Waals surface area (Å²) in [5.74, 6) is 0. The van der Waals surface area contributed by atoms with Crippen LogP contribution in [0.2, 0.25) is 0 Å². The maximum absolute atomic E-state index is 8.33. The summed E-state index contributed by atoms with van der Waals surface area (Å²) in [5, 5.41) is 8.33. The van der Waals surface area contributed by atoms with E-state index in [9.17, 15) is 0 Å². The van der Waals surface area contributed by atoms with Crippen molar-refractivity contribution in [3.05, 3.63) is 12.7 Å². The predicted molar refractivity (Wildman–Crippen MR) is 25.9 cm³/mol. The number of aliphatic hydroxyl groups is 1. The van der Waals surface area contributed by atoms with Crippen molar-refractivity contribution in [3.63, 3.8) is 0 Å². The second-order valence-electron chi connectivity index (χ2n) is 1.56. The second-order valence-corrected chi connectivity index (χ2v) is 1.56. The third kappa shape index (κ3) is 0.813. The number of ether oxygens (including phenoxy) is 1. The van der Waals surface area contributed by atoms with E-state index in [1.807, 2.05) is 0 Å². The Morgan fingerprint density at radius 1 is 1.86 bits per heavy atom. The molecule has 0 aromatic rings. The minimum absolute atomic E-state index is 0.0532. The SMILES string of the molecule is C=CC1OC1CO. The Bertz CT molecular complexity index is 80.1. The number of hydrogen-bond donors (Lipinski definition) is 1. The zero-order valence-electron chi connectivity index (χ0n) is 4.00. The lowest BCUT2D eigenvalue weighted by Gasteiger charge is -1.74. The predicted octanol–water partition coefficient (Wildman–Crippen LogP) is -0.0679. The van der Waals surface area contributed by atoms with Crippen molar-refractivity contribution in [1.29, 1.82) is 0 Å². The number of rotatable bonds is 2. The first-order chi connectivity index (χ1) is 3.38. The van der Waals surface area contributed by atoms with Crippen molar-refractivity contribution in [1.82, 2.24) is 0 Å². The Morgan fingerprint density at radius 2 is 2.57 bits per heavy atom. The average Bonchev–Trinajstić information content (AvgIpc) is 2.43. The van der Waals surface area contributed by atoms with Crippen LogP contribution in [0.3, 0.4) is 0 Å². The van der Waals surface area contributed by atoms with Crippen LogP contribution in [-0.4, -0.2) is 23.9 Å². The number of hydrogen-bond acceptors (Lipinski definition) is 2. The van der Waals surface area contributed by atoms with Crippen molar-refractivity contribution in [2.45, 2.75) is 12.2 Å². The molecule has 1 aliphatic heterocycles. The summed E-state index contributed by atoms with van der Waals surface area (Å²) in [6.45, 7) is 3.61. The third-order valence-electron chi connectivity index (χ3n) is 1.03. The molecule has 1 fully saturated rings. The molecular weight excluding hydrogens is 92.1 g/mol. The summed E-state index contributed by atoms with van der Waals surface area (Å²) in [6, 6.07) is 0. The molecule has 2 heteroatoms. The van der Waals surface area contributed by atoms with Crippen molar-refractivity contribution >= 4 is 0 Å². The molecule has 1 N–H and O–H groups in total. The van der Waals surface area contributed by atoms with Gasteiger partial charge in [-0.2, -0.15) is 0 Å². The average molecular weight is 100 g/mol. The number of epoxide rings is 1. The van der Waals surface area contributed by atoms with E-state index in [4.69, 9.17) is 9.84 Å². The van der Waals surface area contributed by atoms with E-state index in [2.05, 4.69) is 6.58 Å². The van der Waals surface area contributed by atoms with E-state index in [0.29, 0.717) is 0 Å². The molecule has 1 heterocycles. The van der Waals surface area contributed by atoms with Gasteiger partial charge in [0.1, 0.15) is 12.2 Å². The maximum atomic E-state index is 8.33. The van der Waals surface area contributed by atoms with Gasteiger partial charge in [0.05, 0.1) is 6.61 Å². The quantitative estimate of drug-likeness (QED) is 0.389. The molecule has 0 amide bonds. The monoisotopic (exact) mass is 100 g/mol. The molecule has 0 bridgehead atoms. The van der Waals surface area contributed by atoms with Crippen molar-refractivity contribution in [3.8, 4) is 0 Å². The lowest BCUT2D eigenvalue weighted by Crippen LogP contribution is -1.94. The van der Waals surface area contributed by atoms with Crippen LogP contribution in [0.5, 0.6) is 0 Å². The Labute approximate surface area is 42.4 Å². The maximum Gasteiger partial charge on any atom is 0.111 e. The Balaban J connectivity index is 2.17. The summed E-state index contributed by atoms with van der Waals surface area (Å²) in [6.07, 6.45) is 1.88. The molecule has 0 aliphatic carbocycles. The van der Waals surface area contributed by atoms with E-state index in [-0.39, 0.29) is 18.8 Å². The molecule has 0 radical (unpaired) electrons. The first-order valence-corrected chi connectivity index (χ1v) is 2.27. The van der Waals surface area contributed by atoms with Gasteiger partial charge in [0, 0.05) is 0 Å². The smallest absolute Gasteiger partial charge is 0.111 e. The van der Waals surface area contributed by atoms with E-state index in [0.717, 1.165) is 0 Å². The highest BCUT2D eigenvalue weighted by Gasteiger charge is 2.34. The highest BCUT2D eigenvalue weighted by Crippen LogP contribution is 2.20. The summed E-state index contributed by atoms with van der Waals surface area (Å²) in [7, 11) is 0. The van der Waals surface area contributed by atoms with Gasteiger partial charge in [-0.25, -0.2) is 0 Å². The Hall–Kier alpha value is -0.340. The van der Waals surface area contributed by atoms with Gasteiger partial charge in [-0.15, -0.1) is 6.58 Å². The Morgan fingerprint density at radius 3 is 2.71 bits per heavy atom. The fraction of sp³-hybridized carbons (Fsp3) is 0.600. The van der Waals surface area contributed by atoms with Gasteiger partial charge in [-0.05, 0) is 0 Å². The fourth-order valence-corrected chi connectivity index (χ4v) is 0.511. The van der Waals surface area contributed by atoms with Crippen LogP contribution in [0.15, 0.2) is 12.7 Å². The standard InChI is InChI=1S/C5H8O2/c1-2-4-5(3-6)7-4/h2,4-6H,1,3H2. The summed E-state index contributed by atoms with van der Waals surface area (Å²) in [4.78, 5) is 0. The van der Waals surface area contributed by atoms with Crippen LogP contribution in [0, 0.1) is 0 Å². The lowest BCUT2D eigenvalue weighted by atomic mass is 10.3. The topological polar surface area (TPSA) is 32.8 Å². The van der Waals surface area contributed by atoms with Gasteiger partial charge in [0.25, 0.3) is 0 Å². The molecule has 0 saturated carbocycles. The molecule has 2 atom stereocenters. The Kier molecular flexibility index (Phi) is 1.13. The minimum Gasteiger partial charge on any atom is -0.394 e. The van der Waals surface area contributed by atoms with E-state index < -0.39 is 0 Å². The normalized spacial score (nSPS) is 37.9. The van der Waals surface area contributed by atoms with Crippen LogP contribution in [0.1, 0.15) is 0 Å². The highest BCUT2D eigenvalue weighted by molar-refractivity contribution is 4.97. The van der Waals surface area contributed by atoms with E-state index in [1.54, 1.807) is 6.08 Å². The van der Waals surface area contributed by atoms with E-state index >= 15 is 0 Å². The van der Waals surface area contributed by atoms with Gasteiger partial charge in [-0.3, -0.25) is 0 Å². The van der Waals surface area contributed by atoms with Crippen LogP contribution in [0.25, 0.3) is 0 Å². The molecule has 2 unspecified atom stereocenters. The molecular formula is C5H8O2. The van der Waals surface area contributed by atoms with Crippen molar-refractivity contribution in [2.75, 3.05) is 6.61 Å². The summed E-state index contributed by atoms with van der Waals surface area (Å²) in [5.41, 5.74) is 0. The van der Waals surface area contributed by atoms with Crippen LogP contribution in [0.4, 0.5) is 0 Å². The molecule has 1 saturated heterocycles. The second kappa shape index (κ2) is 1.64. The van der Waals surface area contributed by atoms with Crippen LogP contribution < -0.4 is 0 Å². The summed E-state index contributed by atoms with van der Waals surface area (Å²) < 4.78 is 4.85. The van der Waals surface area contributed by atoms with Crippen LogP contribution in [-0.2, 0) is 4.74 Å². The molecule has 2 nitrogen and oxygen atoms in total. The van der Waals surface area contributed by atoms with Crippen molar-refractivity contribution < 1.29 is 9.84 Å². The first kappa shape index (κ1) is 4.81. The van der Waals surface area contributed by atoms with Crippen LogP contribution >= 0.6 is 0 Å². The van der Waals surface area contributed by atoms with Gasteiger partial charge in [-0.1, -0.05) is 6.08 Å². The lowest BCUT2D eigenvalue weighted by molar-refractivity contribution is 0.243. The van der Waals surface area contributed by atoms with Gasteiger partial charge in [0.15, 0.2) is 0 Å². The van der Waals surface area contributed by atoms with E-state index in [1.165, 1.54) is 0 Å². The van der Waals surface area contributed by atoms with Crippen molar-refractivity contribution in [2.24, 2.45) is 0 Å². The fourth-order valence-electron chi connectivity index (χ4n) is 0.511. The highest BCUT2D eigenvalue weighted by atomic mass is 16.6. The molecule has 1 aliphatic rings. The third-order valence-corrected chi connectivity index (χ3v) is 1.03. The van der Waals surface area contributed by atoms with Gasteiger partial charge >= 0.3 is 0 Å². The molecule has 40 valence electrons. The minimum atomic E-state index is 0.0532. The largest absolute Gasteiger partial charge is 0.394 e. The van der Waals surface area contributed by atoms with Gasteiger partial charge < -0.3 is 9.84 Å². The molecule has 1 rings (SSSR count).